The third kappa shape index (κ3) is 6.37. The normalized spacial score (nSPS) is 12.1. The Labute approximate surface area is 190 Å². The van der Waals surface area contributed by atoms with Crippen molar-refractivity contribution in [2.75, 3.05) is 7.11 Å². The van der Waals surface area contributed by atoms with Crippen LogP contribution in [0.25, 0.3) is 0 Å². The van der Waals surface area contributed by atoms with Crippen LogP contribution in [0.15, 0.2) is 73.1 Å². The van der Waals surface area contributed by atoms with E-state index in [1.807, 2.05) is 30.3 Å². The standard InChI is InChI=1S/C26H30N2O3Si/c1-31-22-11-9-21(10-12-22)26(28-25(30)17-20-6-5-15-27-18-20)24(29)16-19-7-13-23(14-8-19)32(2,3)4/h5-15,18,26H,16-17H2,1-4H3,(H,28,30). The number of rotatable bonds is 9. The molecular weight excluding hydrogens is 416 g/mol. The van der Waals surface area contributed by atoms with Crippen molar-refractivity contribution in [1.29, 1.82) is 0 Å². The number of hydrogen-bond donors (Lipinski definition) is 1. The molecule has 0 saturated heterocycles. The average Bonchev–Trinajstić information content (AvgIpc) is 2.78. The third-order valence-corrected chi connectivity index (χ3v) is 7.43. The molecule has 0 aliphatic rings. The summed E-state index contributed by atoms with van der Waals surface area (Å²) in [5, 5.41) is 4.28. The molecule has 6 heteroatoms. The Balaban J connectivity index is 1.79. The van der Waals surface area contributed by atoms with Gasteiger partial charge in [-0.05, 0) is 34.9 Å². The van der Waals surface area contributed by atoms with E-state index in [2.05, 4.69) is 42.1 Å². The fourth-order valence-corrected chi connectivity index (χ4v) is 4.64. The molecule has 0 fully saturated rings. The molecule has 1 unspecified atom stereocenters. The summed E-state index contributed by atoms with van der Waals surface area (Å²) in [7, 11) is 0.197. The van der Waals surface area contributed by atoms with Gasteiger partial charge in [-0.25, -0.2) is 0 Å². The van der Waals surface area contributed by atoms with Gasteiger partial charge in [0, 0.05) is 18.8 Å². The van der Waals surface area contributed by atoms with Gasteiger partial charge in [0.15, 0.2) is 5.78 Å². The summed E-state index contributed by atoms with van der Waals surface area (Å²) in [5.41, 5.74) is 2.47. The van der Waals surface area contributed by atoms with Crippen molar-refractivity contribution in [1.82, 2.24) is 10.3 Å². The number of carbonyl (C=O) groups excluding carboxylic acids is 2. The van der Waals surface area contributed by atoms with E-state index >= 15 is 0 Å². The molecule has 5 nitrogen and oxygen atoms in total. The van der Waals surface area contributed by atoms with Gasteiger partial charge in [0.05, 0.1) is 21.6 Å². The maximum atomic E-state index is 13.3. The van der Waals surface area contributed by atoms with E-state index in [0.717, 1.165) is 16.7 Å². The number of ketones is 1. The van der Waals surface area contributed by atoms with Crippen LogP contribution in [0, 0.1) is 0 Å². The maximum absolute atomic E-state index is 13.3. The van der Waals surface area contributed by atoms with Crippen LogP contribution >= 0.6 is 0 Å². The van der Waals surface area contributed by atoms with Gasteiger partial charge in [-0.3, -0.25) is 14.6 Å². The summed E-state index contributed by atoms with van der Waals surface area (Å²) in [6, 6.07) is 18.4. The van der Waals surface area contributed by atoms with Gasteiger partial charge in [0.25, 0.3) is 0 Å². The zero-order valence-corrected chi connectivity index (χ0v) is 20.1. The van der Waals surface area contributed by atoms with Crippen molar-refractivity contribution in [2.24, 2.45) is 0 Å². The predicted octanol–water partition coefficient (Wildman–Crippen LogP) is 3.85. The number of benzene rings is 2. The SMILES string of the molecule is COc1ccc(C(NC(=O)Cc2cccnc2)C(=O)Cc2ccc([Si](C)(C)C)cc2)cc1. The van der Waals surface area contributed by atoms with Crippen molar-refractivity contribution in [2.45, 2.75) is 38.5 Å². The van der Waals surface area contributed by atoms with Gasteiger partial charge < -0.3 is 10.1 Å². The molecule has 0 aliphatic carbocycles. The van der Waals surface area contributed by atoms with Gasteiger partial charge >= 0.3 is 0 Å². The molecule has 166 valence electrons. The molecule has 0 bridgehead atoms. The Morgan fingerprint density at radius 1 is 0.938 bits per heavy atom. The molecule has 0 saturated carbocycles. The van der Waals surface area contributed by atoms with Gasteiger partial charge in [-0.1, -0.05) is 67.3 Å². The lowest BCUT2D eigenvalue weighted by Gasteiger charge is -2.20. The van der Waals surface area contributed by atoms with E-state index in [1.165, 1.54) is 5.19 Å². The maximum Gasteiger partial charge on any atom is 0.225 e. The zero-order chi connectivity index (χ0) is 23.1. The van der Waals surface area contributed by atoms with E-state index in [-0.39, 0.29) is 24.5 Å². The molecule has 0 radical (unpaired) electrons. The third-order valence-electron chi connectivity index (χ3n) is 5.36. The molecular formula is C26H30N2O3Si. The lowest BCUT2D eigenvalue weighted by Crippen LogP contribution is -2.37. The second-order valence-corrected chi connectivity index (χ2v) is 14.0. The van der Waals surface area contributed by atoms with Crippen LogP contribution in [0.1, 0.15) is 22.7 Å². The quantitative estimate of drug-likeness (QED) is 0.507. The number of carbonyl (C=O) groups is 2. The highest BCUT2D eigenvalue weighted by atomic mass is 28.3. The average molecular weight is 447 g/mol. The van der Waals surface area contributed by atoms with E-state index in [1.54, 1.807) is 37.7 Å². The summed E-state index contributed by atoms with van der Waals surface area (Å²) < 4.78 is 5.23. The number of methoxy groups -OCH3 is 1. The second kappa shape index (κ2) is 10.4. The van der Waals surface area contributed by atoms with Gasteiger partial charge in [0.1, 0.15) is 11.8 Å². The molecule has 1 heterocycles. The summed E-state index contributed by atoms with van der Waals surface area (Å²) in [6.45, 7) is 6.89. The first kappa shape index (κ1) is 23.4. The van der Waals surface area contributed by atoms with Crippen molar-refractivity contribution in [3.8, 4) is 5.75 Å². The number of hydrogen-bond acceptors (Lipinski definition) is 4. The number of ether oxygens (including phenoxy) is 1. The smallest absolute Gasteiger partial charge is 0.225 e. The second-order valence-electron chi connectivity index (χ2n) is 8.90. The lowest BCUT2D eigenvalue weighted by molar-refractivity contribution is -0.127. The first-order valence-electron chi connectivity index (χ1n) is 10.7. The van der Waals surface area contributed by atoms with Crippen molar-refractivity contribution < 1.29 is 14.3 Å². The van der Waals surface area contributed by atoms with Crippen LogP contribution < -0.4 is 15.2 Å². The van der Waals surface area contributed by atoms with Crippen molar-refractivity contribution >= 4 is 25.0 Å². The Morgan fingerprint density at radius 2 is 1.62 bits per heavy atom. The van der Waals surface area contributed by atoms with E-state index in [9.17, 15) is 9.59 Å². The number of aromatic nitrogens is 1. The van der Waals surface area contributed by atoms with Crippen LogP contribution in [0.2, 0.25) is 19.6 Å². The molecule has 1 amide bonds. The van der Waals surface area contributed by atoms with Crippen LogP contribution in [0.5, 0.6) is 5.75 Å². The van der Waals surface area contributed by atoms with Crippen molar-refractivity contribution in [3.63, 3.8) is 0 Å². The Kier molecular flexibility index (Phi) is 7.59. The number of nitrogens with zero attached hydrogens (tertiary/aromatic N) is 1. The molecule has 3 aromatic rings. The van der Waals surface area contributed by atoms with Crippen LogP contribution in [0.3, 0.4) is 0 Å². The highest BCUT2D eigenvalue weighted by Gasteiger charge is 2.23. The molecule has 0 spiro atoms. The summed E-state index contributed by atoms with van der Waals surface area (Å²) in [4.78, 5) is 30.1. The van der Waals surface area contributed by atoms with Gasteiger partial charge in [-0.15, -0.1) is 0 Å². The van der Waals surface area contributed by atoms with Crippen LogP contribution in [0.4, 0.5) is 0 Å². The topological polar surface area (TPSA) is 68.3 Å². The molecule has 2 aromatic carbocycles. The molecule has 3 rings (SSSR count). The minimum Gasteiger partial charge on any atom is -0.497 e. The first-order valence-corrected chi connectivity index (χ1v) is 14.2. The molecule has 1 N–H and O–H groups in total. The molecule has 1 atom stereocenters. The Bertz CT molecular complexity index is 1040. The van der Waals surface area contributed by atoms with Crippen LogP contribution in [-0.2, 0) is 22.4 Å². The lowest BCUT2D eigenvalue weighted by atomic mass is 9.97. The van der Waals surface area contributed by atoms with Crippen LogP contribution in [-0.4, -0.2) is 31.9 Å². The van der Waals surface area contributed by atoms with Gasteiger partial charge in [0.2, 0.25) is 5.91 Å². The largest absolute Gasteiger partial charge is 0.497 e. The minimum absolute atomic E-state index is 0.0598. The summed E-state index contributed by atoms with van der Waals surface area (Å²) >= 11 is 0. The Morgan fingerprint density at radius 3 is 2.19 bits per heavy atom. The molecule has 0 aliphatic heterocycles. The number of amides is 1. The fraction of sp³-hybridized carbons (Fsp3) is 0.269. The predicted molar refractivity (Wildman–Crippen MR) is 130 cm³/mol. The fourth-order valence-electron chi connectivity index (χ4n) is 3.47. The summed E-state index contributed by atoms with van der Waals surface area (Å²) in [6.07, 6.45) is 3.73. The number of pyridine rings is 1. The molecule has 1 aromatic heterocycles. The highest BCUT2D eigenvalue weighted by molar-refractivity contribution is 6.88. The molecule has 32 heavy (non-hydrogen) atoms. The highest BCUT2D eigenvalue weighted by Crippen LogP contribution is 2.20. The minimum atomic E-state index is -1.40. The van der Waals surface area contributed by atoms with Crippen molar-refractivity contribution in [3.05, 3.63) is 89.7 Å². The first-order chi connectivity index (χ1) is 15.3. The van der Waals surface area contributed by atoms with E-state index < -0.39 is 14.1 Å². The zero-order valence-electron chi connectivity index (χ0n) is 19.1. The monoisotopic (exact) mass is 446 g/mol. The summed E-state index contributed by atoms with van der Waals surface area (Å²) in [5.74, 6) is 0.417. The Hall–Kier alpha value is -3.25. The van der Waals surface area contributed by atoms with E-state index in [4.69, 9.17) is 4.74 Å². The van der Waals surface area contributed by atoms with Gasteiger partial charge in [-0.2, -0.15) is 0 Å². The number of Topliss-reactive ketones (excluding diaryl/α,β-unsaturated/α-hetero) is 1. The van der Waals surface area contributed by atoms with E-state index in [0.29, 0.717) is 5.75 Å². The number of nitrogens with one attached hydrogen (secondary N) is 1.